The maximum absolute atomic E-state index is 6.07. The van der Waals surface area contributed by atoms with Gasteiger partial charge in [0.1, 0.15) is 11.3 Å². The summed E-state index contributed by atoms with van der Waals surface area (Å²) >= 11 is 0. The average Bonchev–Trinajstić information content (AvgIpc) is 2.88. The van der Waals surface area contributed by atoms with Gasteiger partial charge in [-0.15, -0.1) is 0 Å². The molecule has 1 aromatic heterocycles. The summed E-state index contributed by atoms with van der Waals surface area (Å²) in [5.41, 5.74) is 6.34. The molecule has 0 radical (unpaired) electrons. The molecule has 1 aromatic carbocycles. The van der Waals surface area contributed by atoms with Gasteiger partial charge in [-0.2, -0.15) is 4.98 Å². The molecule has 20 heavy (non-hydrogen) atoms. The molecule has 0 amide bonds. The van der Waals surface area contributed by atoms with Crippen LogP contribution in [0.5, 0.6) is 5.75 Å². The van der Waals surface area contributed by atoms with E-state index in [1.54, 1.807) is 21.1 Å². The standard InChI is InChI=1S/C14H19N3O3/c1-14(15,9-18-2)13-16-12(20-17-13)8-10-5-4-6-11(7-10)19-3/h4-7H,8-9,15H2,1-3H3. The van der Waals surface area contributed by atoms with Gasteiger partial charge in [-0.1, -0.05) is 17.3 Å². The van der Waals surface area contributed by atoms with Crippen LogP contribution in [0.4, 0.5) is 0 Å². The third-order valence-electron chi connectivity index (χ3n) is 2.91. The van der Waals surface area contributed by atoms with Crippen molar-refractivity contribution in [1.82, 2.24) is 10.1 Å². The predicted molar refractivity (Wildman–Crippen MR) is 73.5 cm³/mol. The fourth-order valence-corrected chi connectivity index (χ4v) is 1.88. The van der Waals surface area contributed by atoms with Crippen LogP contribution in [0.1, 0.15) is 24.2 Å². The molecule has 1 unspecified atom stereocenters. The van der Waals surface area contributed by atoms with E-state index < -0.39 is 5.54 Å². The second-order valence-electron chi connectivity index (χ2n) is 4.89. The van der Waals surface area contributed by atoms with E-state index >= 15 is 0 Å². The molecule has 0 aliphatic rings. The minimum absolute atomic E-state index is 0.325. The van der Waals surface area contributed by atoms with Gasteiger partial charge in [-0.3, -0.25) is 0 Å². The molecule has 6 heteroatoms. The van der Waals surface area contributed by atoms with Crippen molar-refractivity contribution in [3.8, 4) is 5.75 Å². The molecular formula is C14H19N3O3. The van der Waals surface area contributed by atoms with Crippen LogP contribution in [0, 0.1) is 0 Å². The molecule has 2 rings (SSSR count). The summed E-state index contributed by atoms with van der Waals surface area (Å²) in [5, 5.41) is 3.92. The van der Waals surface area contributed by atoms with E-state index in [0.717, 1.165) is 11.3 Å². The minimum atomic E-state index is -0.759. The zero-order valence-corrected chi connectivity index (χ0v) is 11.9. The van der Waals surface area contributed by atoms with Gasteiger partial charge in [0.2, 0.25) is 5.89 Å². The quantitative estimate of drug-likeness (QED) is 0.861. The normalized spacial score (nSPS) is 14.0. The summed E-state index contributed by atoms with van der Waals surface area (Å²) in [6, 6.07) is 7.71. The average molecular weight is 277 g/mol. The van der Waals surface area contributed by atoms with Crippen molar-refractivity contribution in [2.45, 2.75) is 18.9 Å². The third kappa shape index (κ3) is 3.34. The van der Waals surface area contributed by atoms with E-state index in [-0.39, 0.29) is 0 Å². The maximum Gasteiger partial charge on any atom is 0.231 e. The molecule has 0 aliphatic heterocycles. The van der Waals surface area contributed by atoms with Crippen LogP contribution in [-0.2, 0) is 16.7 Å². The van der Waals surface area contributed by atoms with Gasteiger partial charge >= 0.3 is 0 Å². The van der Waals surface area contributed by atoms with Crippen molar-refractivity contribution >= 4 is 0 Å². The lowest BCUT2D eigenvalue weighted by Gasteiger charge is -2.18. The summed E-state index contributed by atoms with van der Waals surface area (Å²) < 4.78 is 15.5. The van der Waals surface area contributed by atoms with Gasteiger partial charge in [0.15, 0.2) is 5.82 Å². The Bertz CT molecular complexity index is 566. The number of nitrogens with zero attached hydrogens (tertiary/aromatic N) is 2. The Morgan fingerprint density at radius 2 is 2.15 bits per heavy atom. The van der Waals surface area contributed by atoms with Crippen molar-refractivity contribution in [2.24, 2.45) is 5.73 Å². The lowest BCUT2D eigenvalue weighted by atomic mass is 10.1. The van der Waals surface area contributed by atoms with Crippen LogP contribution < -0.4 is 10.5 Å². The summed E-state index contributed by atoms with van der Waals surface area (Å²) in [7, 11) is 3.22. The Balaban J connectivity index is 2.13. The number of nitrogens with two attached hydrogens (primary N) is 1. The van der Waals surface area contributed by atoms with Gasteiger partial charge in [0.05, 0.1) is 20.1 Å². The molecule has 0 bridgehead atoms. The van der Waals surface area contributed by atoms with E-state index in [2.05, 4.69) is 10.1 Å². The molecule has 0 spiro atoms. The molecule has 2 aromatic rings. The first-order chi connectivity index (χ1) is 9.55. The van der Waals surface area contributed by atoms with Gasteiger partial charge in [0, 0.05) is 7.11 Å². The zero-order chi connectivity index (χ0) is 14.6. The largest absolute Gasteiger partial charge is 0.497 e. The number of ether oxygens (including phenoxy) is 2. The fraction of sp³-hybridized carbons (Fsp3) is 0.429. The fourth-order valence-electron chi connectivity index (χ4n) is 1.88. The van der Waals surface area contributed by atoms with E-state index in [4.69, 9.17) is 19.7 Å². The minimum Gasteiger partial charge on any atom is -0.497 e. The van der Waals surface area contributed by atoms with Crippen LogP contribution >= 0.6 is 0 Å². The van der Waals surface area contributed by atoms with E-state index in [1.165, 1.54) is 0 Å². The molecule has 0 aliphatic carbocycles. The zero-order valence-electron chi connectivity index (χ0n) is 11.9. The molecule has 108 valence electrons. The van der Waals surface area contributed by atoms with Crippen molar-refractivity contribution in [3.05, 3.63) is 41.5 Å². The van der Waals surface area contributed by atoms with E-state index in [0.29, 0.717) is 24.7 Å². The van der Waals surface area contributed by atoms with Gasteiger partial charge in [0.25, 0.3) is 0 Å². The highest BCUT2D eigenvalue weighted by molar-refractivity contribution is 5.29. The number of rotatable bonds is 6. The van der Waals surface area contributed by atoms with Crippen LogP contribution in [0.3, 0.4) is 0 Å². The predicted octanol–water partition coefficient (Wildman–Crippen LogP) is 1.49. The summed E-state index contributed by atoms with van der Waals surface area (Å²) in [6.07, 6.45) is 0.535. The molecular weight excluding hydrogens is 258 g/mol. The molecule has 2 N–H and O–H groups in total. The van der Waals surface area contributed by atoms with Crippen LogP contribution in [0.2, 0.25) is 0 Å². The molecule has 0 saturated carbocycles. The van der Waals surface area contributed by atoms with Gasteiger partial charge < -0.3 is 19.7 Å². The SMILES string of the molecule is COCC(C)(N)c1noc(Cc2cccc(OC)c2)n1. The third-order valence-corrected chi connectivity index (χ3v) is 2.91. The highest BCUT2D eigenvalue weighted by atomic mass is 16.5. The smallest absolute Gasteiger partial charge is 0.231 e. The van der Waals surface area contributed by atoms with E-state index in [9.17, 15) is 0 Å². The second kappa shape index (κ2) is 6.02. The Morgan fingerprint density at radius 3 is 2.85 bits per heavy atom. The van der Waals surface area contributed by atoms with E-state index in [1.807, 2.05) is 24.3 Å². The molecule has 6 nitrogen and oxygen atoms in total. The van der Waals surface area contributed by atoms with Crippen molar-refractivity contribution < 1.29 is 14.0 Å². The number of hydrogen-bond acceptors (Lipinski definition) is 6. The van der Waals surface area contributed by atoms with Gasteiger partial charge in [-0.25, -0.2) is 0 Å². The Kier molecular flexibility index (Phi) is 4.36. The maximum atomic E-state index is 6.07. The second-order valence-corrected chi connectivity index (χ2v) is 4.89. The lowest BCUT2D eigenvalue weighted by Crippen LogP contribution is -2.39. The number of methoxy groups -OCH3 is 2. The summed E-state index contributed by atoms with van der Waals surface area (Å²) in [6.45, 7) is 2.13. The van der Waals surface area contributed by atoms with Crippen molar-refractivity contribution in [2.75, 3.05) is 20.8 Å². The Hall–Kier alpha value is -1.92. The first-order valence-corrected chi connectivity index (χ1v) is 6.29. The van der Waals surface area contributed by atoms with Crippen LogP contribution in [0.25, 0.3) is 0 Å². The highest BCUT2D eigenvalue weighted by Crippen LogP contribution is 2.18. The molecule has 1 heterocycles. The molecule has 1 atom stereocenters. The Labute approximate surface area is 117 Å². The summed E-state index contributed by atoms with van der Waals surface area (Å²) in [5.74, 6) is 1.75. The molecule has 0 fully saturated rings. The topological polar surface area (TPSA) is 83.4 Å². The van der Waals surface area contributed by atoms with Crippen molar-refractivity contribution in [1.29, 1.82) is 0 Å². The monoisotopic (exact) mass is 277 g/mol. The Morgan fingerprint density at radius 1 is 1.35 bits per heavy atom. The summed E-state index contributed by atoms with van der Waals surface area (Å²) in [4.78, 5) is 4.33. The number of hydrogen-bond donors (Lipinski definition) is 1. The number of aromatic nitrogens is 2. The van der Waals surface area contributed by atoms with Crippen LogP contribution in [0.15, 0.2) is 28.8 Å². The van der Waals surface area contributed by atoms with Crippen LogP contribution in [-0.4, -0.2) is 31.0 Å². The lowest BCUT2D eigenvalue weighted by molar-refractivity contribution is 0.135. The first-order valence-electron chi connectivity index (χ1n) is 6.29. The van der Waals surface area contributed by atoms with Gasteiger partial charge in [-0.05, 0) is 24.6 Å². The van der Waals surface area contributed by atoms with Crippen molar-refractivity contribution in [3.63, 3.8) is 0 Å². The molecule has 0 saturated heterocycles. The highest BCUT2D eigenvalue weighted by Gasteiger charge is 2.27. The first kappa shape index (κ1) is 14.5. The number of benzene rings is 1.